The minimum Gasteiger partial charge on any atom is -0.287 e. The predicted octanol–water partition coefficient (Wildman–Crippen LogP) is 5.37. The molecule has 0 aromatic carbocycles. The summed E-state index contributed by atoms with van der Waals surface area (Å²) in [6.45, 7) is 0. The van der Waals surface area contributed by atoms with Gasteiger partial charge in [-0.1, -0.05) is 0 Å². The molecule has 0 saturated heterocycles. The third kappa shape index (κ3) is 3.43. The molecular weight excluding hydrogens is 428 g/mol. The van der Waals surface area contributed by atoms with Crippen molar-refractivity contribution < 1.29 is 75.0 Å². The van der Waals surface area contributed by atoms with Crippen LogP contribution in [0.4, 0.5) is 70.2 Å². The van der Waals surface area contributed by atoms with Crippen molar-refractivity contribution in [3.63, 3.8) is 0 Å². The third-order valence-electron chi connectivity index (χ3n) is 2.57. The fourth-order valence-corrected chi connectivity index (χ4v) is 1.23. The molecule has 0 aromatic heterocycles. The third-order valence-corrected chi connectivity index (χ3v) is 2.57. The van der Waals surface area contributed by atoms with E-state index in [9.17, 15) is 75.0 Å². The molecule has 0 aromatic rings. The fourth-order valence-electron chi connectivity index (χ4n) is 1.23. The van der Waals surface area contributed by atoms with E-state index < -0.39 is 53.5 Å². The van der Waals surface area contributed by atoms with Gasteiger partial charge in [-0.2, -0.15) is 57.1 Å². The van der Waals surface area contributed by atoms with Crippen molar-refractivity contribution >= 4 is 5.78 Å². The van der Waals surface area contributed by atoms with E-state index in [0.29, 0.717) is 0 Å². The first-order valence-corrected chi connectivity index (χ1v) is 5.23. The summed E-state index contributed by atoms with van der Waals surface area (Å²) in [5.41, 5.74) is -15.0. The van der Waals surface area contributed by atoms with Gasteiger partial charge in [-0.15, -0.1) is 0 Å². The smallest absolute Gasteiger partial charge is 0.287 e. The largest absolute Gasteiger partial charge is 0.439 e. The van der Waals surface area contributed by atoms with Gasteiger partial charge in [0, 0.05) is 0 Å². The Morgan fingerprint density at radius 1 is 0.462 bits per heavy atom. The van der Waals surface area contributed by atoms with Crippen LogP contribution in [-0.2, 0) is 4.79 Å². The first kappa shape index (κ1) is 24.3. The van der Waals surface area contributed by atoms with Crippen LogP contribution in [0.15, 0.2) is 11.7 Å². The molecule has 17 heteroatoms. The highest BCUT2D eigenvalue weighted by Gasteiger charge is 2.80. The standard InChI is InChI=1S/C9F16O/c10-1(2(11)4(12,6(14,15)16)7(17,18)19)3(26)5(13,8(20,21)22)9(23,24)25/b2-1-. The number of carbonyl (C=O) groups excluding carboxylic acids is 1. The summed E-state index contributed by atoms with van der Waals surface area (Å²) in [4.78, 5) is 10.6. The van der Waals surface area contributed by atoms with Crippen LogP contribution in [0.3, 0.4) is 0 Å². The number of carbonyl (C=O) groups is 1. The van der Waals surface area contributed by atoms with Crippen molar-refractivity contribution in [1.29, 1.82) is 0 Å². The Balaban J connectivity index is 6.81. The zero-order valence-corrected chi connectivity index (χ0v) is 11.0. The Hall–Kier alpha value is -1.71. The first-order chi connectivity index (χ1) is 11.0. The number of ketones is 1. The van der Waals surface area contributed by atoms with Gasteiger partial charge in [0.2, 0.25) is 11.6 Å². The predicted molar refractivity (Wildman–Crippen MR) is 46.1 cm³/mol. The van der Waals surface area contributed by atoms with Crippen molar-refractivity contribution in [2.24, 2.45) is 0 Å². The molecule has 0 unspecified atom stereocenters. The lowest BCUT2D eigenvalue weighted by molar-refractivity contribution is -0.332. The average Bonchev–Trinajstić information content (AvgIpc) is 2.37. The molecule has 1 nitrogen and oxygen atoms in total. The quantitative estimate of drug-likeness (QED) is 0.437. The van der Waals surface area contributed by atoms with Crippen LogP contribution in [0.1, 0.15) is 0 Å². The van der Waals surface area contributed by atoms with Gasteiger partial charge >= 0.3 is 36.0 Å². The molecule has 0 radical (unpaired) electrons. The maximum Gasteiger partial charge on any atom is 0.439 e. The van der Waals surface area contributed by atoms with Gasteiger partial charge in [0.15, 0.2) is 5.83 Å². The lowest BCUT2D eigenvalue weighted by Crippen LogP contribution is -2.60. The van der Waals surface area contributed by atoms with E-state index in [2.05, 4.69) is 0 Å². The van der Waals surface area contributed by atoms with Crippen molar-refractivity contribution in [3.8, 4) is 0 Å². The minimum absolute atomic E-state index is 4.85. The van der Waals surface area contributed by atoms with Gasteiger partial charge in [0.1, 0.15) is 0 Å². The Morgan fingerprint density at radius 2 is 0.692 bits per heavy atom. The van der Waals surface area contributed by atoms with E-state index in [1.54, 1.807) is 0 Å². The molecule has 26 heavy (non-hydrogen) atoms. The average molecular weight is 428 g/mol. The molecule has 0 fully saturated rings. The van der Waals surface area contributed by atoms with Gasteiger partial charge in [-0.3, -0.25) is 4.79 Å². The number of hydrogen-bond acceptors (Lipinski definition) is 1. The lowest BCUT2D eigenvalue weighted by atomic mass is 9.94. The molecule has 0 spiro atoms. The van der Waals surface area contributed by atoms with Crippen LogP contribution in [0, 0.1) is 0 Å². The Labute approximate surface area is 130 Å². The molecule has 0 aliphatic carbocycles. The lowest BCUT2D eigenvalue weighted by Gasteiger charge is -2.30. The summed E-state index contributed by atoms with van der Waals surface area (Å²) < 4.78 is 197. The second-order valence-corrected chi connectivity index (χ2v) is 4.27. The van der Waals surface area contributed by atoms with Crippen LogP contribution in [0.5, 0.6) is 0 Å². The molecule has 0 aliphatic heterocycles. The molecule has 154 valence electrons. The topological polar surface area (TPSA) is 17.1 Å². The summed E-state index contributed by atoms with van der Waals surface area (Å²) in [6, 6.07) is 0. The number of Topliss-reactive ketones (excluding diaryl/α,β-unsaturated/α-hetero) is 1. The van der Waals surface area contributed by atoms with Crippen LogP contribution in [-0.4, -0.2) is 41.8 Å². The van der Waals surface area contributed by atoms with Crippen LogP contribution in [0.25, 0.3) is 0 Å². The zero-order valence-electron chi connectivity index (χ0n) is 11.0. The van der Waals surface area contributed by atoms with E-state index in [0.717, 1.165) is 0 Å². The monoisotopic (exact) mass is 428 g/mol. The van der Waals surface area contributed by atoms with E-state index in [4.69, 9.17) is 0 Å². The summed E-state index contributed by atoms with van der Waals surface area (Å²) in [5, 5.41) is 0. The van der Waals surface area contributed by atoms with Crippen LogP contribution < -0.4 is 0 Å². The molecule has 0 bridgehead atoms. The van der Waals surface area contributed by atoms with E-state index in [1.165, 1.54) is 0 Å². The molecule has 0 amide bonds. The summed E-state index contributed by atoms with van der Waals surface area (Å²) >= 11 is 0. The van der Waals surface area contributed by atoms with Gasteiger partial charge < -0.3 is 0 Å². The molecular formula is C9F16O. The van der Waals surface area contributed by atoms with E-state index in [1.807, 2.05) is 0 Å². The highest BCUT2D eigenvalue weighted by molar-refractivity contribution is 6.02. The Bertz CT molecular complexity index is 555. The van der Waals surface area contributed by atoms with Crippen molar-refractivity contribution in [2.75, 3.05) is 0 Å². The second kappa shape index (κ2) is 6.17. The summed E-state index contributed by atoms with van der Waals surface area (Å²) in [6.07, 6.45) is -30.1. The van der Waals surface area contributed by atoms with Gasteiger partial charge in [-0.05, 0) is 0 Å². The highest BCUT2D eigenvalue weighted by Crippen LogP contribution is 2.54. The van der Waals surface area contributed by atoms with Crippen molar-refractivity contribution in [2.45, 2.75) is 36.0 Å². The highest BCUT2D eigenvalue weighted by atomic mass is 19.4. The van der Waals surface area contributed by atoms with Gasteiger partial charge in [-0.25, -0.2) is 13.2 Å². The maximum atomic E-state index is 13.1. The molecule has 0 rings (SSSR count). The van der Waals surface area contributed by atoms with Gasteiger partial charge in [0.05, 0.1) is 0 Å². The fraction of sp³-hybridized carbons (Fsp3) is 0.667. The van der Waals surface area contributed by atoms with Crippen molar-refractivity contribution in [1.82, 2.24) is 0 Å². The SMILES string of the molecule is O=C(/C(F)=C(/F)C(F)(C(F)(F)F)C(F)(F)F)C(F)(C(F)(F)F)C(F)(F)F. The normalized spacial score (nSPS) is 16.5. The van der Waals surface area contributed by atoms with Crippen molar-refractivity contribution in [3.05, 3.63) is 11.7 Å². The van der Waals surface area contributed by atoms with Crippen LogP contribution >= 0.6 is 0 Å². The Kier molecular flexibility index (Phi) is 5.77. The molecule has 0 saturated carbocycles. The second-order valence-electron chi connectivity index (χ2n) is 4.27. The molecule has 0 aliphatic rings. The van der Waals surface area contributed by atoms with E-state index in [-0.39, 0.29) is 0 Å². The van der Waals surface area contributed by atoms with E-state index >= 15 is 0 Å². The number of rotatable bonds is 3. The number of alkyl halides is 14. The summed E-state index contributed by atoms with van der Waals surface area (Å²) in [7, 11) is 0. The zero-order chi connectivity index (χ0) is 21.7. The molecule has 0 atom stereocenters. The number of hydrogen-bond donors (Lipinski definition) is 0. The first-order valence-electron chi connectivity index (χ1n) is 5.23. The minimum atomic E-state index is -7.54. The number of allylic oxidation sites excluding steroid dienone is 2. The molecule has 0 heterocycles. The Morgan fingerprint density at radius 3 is 0.885 bits per heavy atom. The van der Waals surface area contributed by atoms with Crippen LogP contribution in [0.2, 0.25) is 0 Å². The number of halogens is 16. The maximum absolute atomic E-state index is 13.1. The summed E-state index contributed by atoms with van der Waals surface area (Å²) in [5.74, 6) is -14.8. The molecule has 0 N–H and O–H groups in total. The van der Waals surface area contributed by atoms with Gasteiger partial charge in [0.25, 0.3) is 0 Å².